The van der Waals surface area contributed by atoms with Crippen LogP contribution in [0.1, 0.15) is 60.8 Å². The van der Waals surface area contributed by atoms with Crippen LogP contribution >= 0.6 is 0 Å². The van der Waals surface area contributed by atoms with Crippen molar-refractivity contribution in [2.45, 2.75) is 76.2 Å². The van der Waals surface area contributed by atoms with E-state index in [0.29, 0.717) is 58.7 Å². The zero-order chi connectivity index (χ0) is 63.3. The minimum Gasteiger partial charge on any atom is -1.00 e. The minimum atomic E-state index is -4.83. The second-order valence-electron chi connectivity index (χ2n) is 22.1. The number of nitro groups is 2. The van der Waals surface area contributed by atoms with Crippen molar-refractivity contribution in [1.29, 1.82) is 0 Å². The number of nitrogens with zero attached hydrogens (tertiary/aromatic N) is 7. The second kappa shape index (κ2) is 35.1. The van der Waals surface area contributed by atoms with Gasteiger partial charge in [0.15, 0.2) is 0 Å². The molecule has 0 aromatic heterocycles. The van der Waals surface area contributed by atoms with Crippen molar-refractivity contribution in [2.75, 3.05) is 112 Å². The number of benzene rings is 6. The van der Waals surface area contributed by atoms with Gasteiger partial charge in [0.25, 0.3) is 11.4 Å². The molecule has 6 aromatic carbocycles. The summed E-state index contributed by atoms with van der Waals surface area (Å²) in [4.78, 5) is 54.0. The monoisotopic (exact) mass is 1280 g/mol. The number of likely N-dealkylation sites (tertiary alicyclic amines) is 1. The Morgan fingerprint density at radius 2 is 0.912 bits per heavy atom. The number of piperazine rings is 2. The van der Waals surface area contributed by atoms with Crippen LogP contribution in [0.5, 0.6) is 11.5 Å². The van der Waals surface area contributed by atoms with E-state index in [0.717, 1.165) is 131 Å². The molecule has 4 aliphatic rings. The average molecular weight is 1280 g/mol. The molecule has 91 heavy (non-hydrogen) atoms. The number of quaternary nitrogens is 1. The van der Waals surface area contributed by atoms with Gasteiger partial charge in [0, 0.05) is 151 Å². The summed E-state index contributed by atoms with van der Waals surface area (Å²) in [7, 11) is 0. The van der Waals surface area contributed by atoms with Crippen molar-refractivity contribution in [1.82, 2.24) is 14.7 Å². The van der Waals surface area contributed by atoms with Crippen molar-refractivity contribution in [3.63, 3.8) is 0 Å². The van der Waals surface area contributed by atoms with Gasteiger partial charge in [0.1, 0.15) is 35.8 Å². The number of carboxylic acids is 1. The summed E-state index contributed by atoms with van der Waals surface area (Å²) in [6, 6.07) is 42.5. The first kappa shape index (κ1) is 72.3. The van der Waals surface area contributed by atoms with Gasteiger partial charge in [-0.25, -0.2) is 0 Å². The fraction of sp³-hybridized carbons (Fsp3) is 0.406. The number of nitrogens with two attached hydrogens (primary N) is 1. The topological polar surface area (TPSA) is 219 Å². The van der Waals surface area contributed by atoms with Crippen LogP contribution in [0, 0.1) is 20.2 Å². The van der Waals surface area contributed by atoms with Gasteiger partial charge in [-0.2, -0.15) is 26.3 Å². The third kappa shape index (κ3) is 22.8. The Bertz CT molecular complexity index is 3230. The maximum absolute atomic E-state index is 13.3. The number of amides is 1. The molecule has 4 saturated heterocycles. The molecule has 4 N–H and O–H groups in total. The summed E-state index contributed by atoms with van der Waals surface area (Å²) >= 11 is 0. The van der Waals surface area contributed by atoms with Crippen molar-refractivity contribution in [3.05, 3.63) is 188 Å². The van der Waals surface area contributed by atoms with E-state index in [9.17, 15) is 61.3 Å². The Labute approximate surface area is 542 Å². The van der Waals surface area contributed by atoms with E-state index < -0.39 is 50.7 Å². The van der Waals surface area contributed by atoms with E-state index in [1.165, 1.54) is 17.8 Å². The Balaban J connectivity index is 0.000000237. The Morgan fingerprint density at radius 3 is 1.29 bits per heavy atom. The van der Waals surface area contributed by atoms with Gasteiger partial charge in [-0.1, -0.05) is 60.7 Å². The van der Waals surface area contributed by atoms with Crippen LogP contribution in [0.3, 0.4) is 0 Å². The summed E-state index contributed by atoms with van der Waals surface area (Å²) < 4.78 is 90.1. The molecule has 484 valence electrons. The standard InChI is InChI=1S/C32H36F3N5O4.C20H24N2O3.C12H14F3N3O2.ClH.Li/c33-32(34,35)29-22-26(6-11-30(29)40(42)43)36-25-12-16-39(17-13-25)31(41)14-15-37-18-20-38(21-19-37)27-7-9-28(10-8-27)44-23-24-4-2-1-3-5-24;23-20(24)10-11-21-12-14-22(15-13-21)18-6-8-19(9-7-18)25-16-17-4-2-1-3-5-17;13-12(14,15)10-7-9(1-2-11(10)18(19)20)17-8-3-5-16-6-4-8;;/h1-11,22,25,36H,12-21,23H2;1-9H,10-16H2,(H,23,24);1-2,7-8,16-17H,3-6H2;1H;/q;;;;+1/p-1. The van der Waals surface area contributed by atoms with Gasteiger partial charge in [-0.3, -0.25) is 34.8 Å². The van der Waals surface area contributed by atoms with Crippen LogP contribution in [-0.2, 0) is 35.2 Å². The van der Waals surface area contributed by atoms with Crippen LogP contribution in [0.2, 0.25) is 0 Å². The molecule has 27 heteroatoms. The van der Waals surface area contributed by atoms with Crippen molar-refractivity contribution < 1.29 is 96.9 Å². The molecule has 1 amide bonds. The molecule has 0 spiro atoms. The molecule has 0 unspecified atom stereocenters. The van der Waals surface area contributed by atoms with E-state index in [1.807, 2.05) is 89.8 Å². The van der Waals surface area contributed by atoms with Crippen LogP contribution in [0.25, 0.3) is 0 Å². The number of nitrogens with one attached hydrogen (secondary N) is 2. The molecule has 6 aromatic rings. The van der Waals surface area contributed by atoms with Gasteiger partial charge in [0.05, 0.1) is 22.9 Å². The van der Waals surface area contributed by atoms with Crippen LogP contribution < -0.4 is 71.6 Å². The molecule has 0 atom stereocenters. The van der Waals surface area contributed by atoms with Crippen molar-refractivity contribution >= 4 is 46.0 Å². The van der Waals surface area contributed by atoms with E-state index in [2.05, 4.69) is 59.8 Å². The number of anilines is 4. The fourth-order valence-corrected chi connectivity index (χ4v) is 10.9. The van der Waals surface area contributed by atoms with Gasteiger partial charge in [-0.15, -0.1) is 0 Å². The van der Waals surface area contributed by atoms with Gasteiger partial charge >= 0.3 is 31.2 Å². The molecular formula is C64H74ClF6LiN10O9. The number of carbonyl (C=O) groups excluding carboxylic acids is 2. The first-order chi connectivity index (χ1) is 42.7. The first-order valence-electron chi connectivity index (χ1n) is 29.8. The maximum Gasteiger partial charge on any atom is 1.00 e. The van der Waals surface area contributed by atoms with E-state index in [-0.39, 0.29) is 67.1 Å². The molecule has 0 saturated carbocycles. The predicted octanol–water partition coefficient (Wildman–Crippen LogP) is 3.09. The normalized spacial score (nSPS) is 15.9. The number of nitro benzene ring substituents is 2. The van der Waals surface area contributed by atoms with E-state index in [1.54, 1.807) is 0 Å². The zero-order valence-electron chi connectivity index (χ0n) is 50.6. The SMILES string of the molecule is O=C(CCN1CCN(c2ccc(OCc3ccccc3)cc2)CC1)N1CCC(Nc2ccc([N+](=O)[O-])c(C(F)(F)F)c2)CC1.O=C([O-])CCN1CCN(c2ccc(OCc3ccccc3)cc2)CC1.O=[N+]([O-])c1ccc(NC2CC[NH2+]CC2)cc1C(F)(F)F.[Cl-].[Li+]. The molecule has 0 bridgehead atoms. The molecule has 4 heterocycles. The number of carbonyl (C=O) groups is 2. The number of alkyl halides is 6. The van der Waals surface area contributed by atoms with Crippen LogP contribution in [0.4, 0.5) is 60.5 Å². The molecule has 19 nitrogen and oxygen atoms in total. The molecule has 0 radical (unpaired) electrons. The largest absolute Gasteiger partial charge is 1.00 e. The Hall–Kier alpha value is -7.79. The number of aliphatic carboxylic acids is 1. The summed E-state index contributed by atoms with van der Waals surface area (Å²) in [5.74, 6) is 0.789. The third-order valence-corrected chi connectivity index (χ3v) is 15.9. The molecule has 0 aliphatic carbocycles. The quantitative estimate of drug-likeness (QED) is 0.0433. The number of hydrogen-bond acceptors (Lipinski definition) is 15. The Kier molecular flexibility index (Phi) is 27.9. The second-order valence-corrected chi connectivity index (χ2v) is 22.1. The number of carboxylic acid groups (broad SMARTS) is 1. The predicted molar refractivity (Wildman–Crippen MR) is 324 cm³/mol. The summed E-state index contributed by atoms with van der Waals surface area (Å²) in [6.07, 6.45) is -6.16. The zero-order valence-corrected chi connectivity index (χ0v) is 51.4. The van der Waals surface area contributed by atoms with Crippen LogP contribution in [-0.4, -0.2) is 140 Å². The van der Waals surface area contributed by atoms with E-state index >= 15 is 0 Å². The van der Waals surface area contributed by atoms with E-state index in [4.69, 9.17) is 9.47 Å². The molecule has 4 aliphatic heterocycles. The van der Waals surface area contributed by atoms with Crippen LogP contribution in [0.15, 0.2) is 146 Å². The number of hydrogen-bond donors (Lipinski definition) is 3. The number of rotatable bonds is 20. The molecule has 4 fully saturated rings. The maximum atomic E-state index is 13.3. The molecular weight excluding hydrogens is 1210 g/mol. The van der Waals surface area contributed by atoms with Gasteiger partial charge in [0.2, 0.25) is 5.91 Å². The summed E-state index contributed by atoms with van der Waals surface area (Å²) in [6.45, 7) is 12.2. The average Bonchev–Trinajstić information content (AvgIpc) is 1.75. The number of halogens is 7. The summed E-state index contributed by atoms with van der Waals surface area (Å²) in [5, 5.41) is 40.4. The number of ether oxygens (including phenoxy) is 2. The van der Waals surface area contributed by atoms with Crippen molar-refractivity contribution in [2.24, 2.45) is 0 Å². The minimum absolute atomic E-state index is 0. The van der Waals surface area contributed by atoms with Gasteiger partial charge < -0.3 is 62.4 Å². The third-order valence-electron chi connectivity index (χ3n) is 15.9. The van der Waals surface area contributed by atoms with Gasteiger partial charge in [-0.05, 0) is 103 Å². The fourth-order valence-electron chi connectivity index (χ4n) is 10.9. The molecule has 10 rings (SSSR count). The first-order valence-corrected chi connectivity index (χ1v) is 29.8. The number of piperidine rings is 2. The smallest absolute Gasteiger partial charge is 1.00 e. The van der Waals surface area contributed by atoms with Crippen molar-refractivity contribution in [3.8, 4) is 11.5 Å². The summed E-state index contributed by atoms with van der Waals surface area (Å²) in [5.41, 5.74) is 0.674. The Morgan fingerprint density at radius 1 is 0.527 bits per heavy atom.